The lowest BCUT2D eigenvalue weighted by atomic mass is 9.74. The fourth-order valence-corrected chi connectivity index (χ4v) is 3.66. The van der Waals surface area contributed by atoms with Gasteiger partial charge in [0.1, 0.15) is 0 Å². The summed E-state index contributed by atoms with van der Waals surface area (Å²) < 4.78 is 0. The molecule has 13 heavy (non-hydrogen) atoms. The van der Waals surface area contributed by atoms with Crippen LogP contribution in [0.15, 0.2) is 11.1 Å². The Labute approximate surface area is 79.8 Å². The number of hydrogen-bond donors (Lipinski definition) is 1. The fraction of sp³-hybridized carbons (Fsp3) is 0.833. The largest absolute Gasteiger partial charge is 0.392 e. The van der Waals surface area contributed by atoms with E-state index in [9.17, 15) is 5.11 Å². The van der Waals surface area contributed by atoms with E-state index in [-0.39, 0.29) is 6.10 Å². The fourth-order valence-electron chi connectivity index (χ4n) is 3.66. The second-order valence-electron chi connectivity index (χ2n) is 4.97. The van der Waals surface area contributed by atoms with E-state index >= 15 is 0 Å². The SMILES string of the molecule is O[C@H]1[C@@H]2CC[C@H]1C1=C(CCCC1)C2. The van der Waals surface area contributed by atoms with E-state index in [4.69, 9.17) is 0 Å². The lowest BCUT2D eigenvalue weighted by Crippen LogP contribution is -2.29. The first kappa shape index (κ1) is 8.05. The molecule has 0 heterocycles. The molecule has 0 aromatic heterocycles. The summed E-state index contributed by atoms with van der Waals surface area (Å²) in [5, 5.41) is 10.0. The molecule has 0 aromatic carbocycles. The third-order valence-electron chi connectivity index (χ3n) is 4.33. The normalized spacial score (nSPS) is 43.6. The predicted octanol–water partition coefficient (Wildman–Crippen LogP) is 2.65. The lowest BCUT2D eigenvalue weighted by Gasteiger charge is -2.33. The average molecular weight is 178 g/mol. The summed E-state index contributed by atoms with van der Waals surface area (Å²) in [6.45, 7) is 0. The highest BCUT2D eigenvalue weighted by atomic mass is 16.3. The first-order valence-electron chi connectivity index (χ1n) is 5.75. The van der Waals surface area contributed by atoms with E-state index in [1.807, 2.05) is 0 Å². The molecule has 0 aliphatic heterocycles. The molecular formula is C12H18O. The summed E-state index contributed by atoms with van der Waals surface area (Å²) in [5.74, 6) is 1.20. The maximum Gasteiger partial charge on any atom is 0.0636 e. The molecule has 1 saturated carbocycles. The summed E-state index contributed by atoms with van der Waals surface area (Å²) in [5.41, 5.74) is 3.41. The Kier molecular flexibility index (Phi) is 1.76. The van der Waals surface area contributed by atoms with Gasteiger partial charge in [-0.1, -0.05) is 11.1 Å². The van der Waals surface area contributed by atoms with Crippen molar-refractivity contribution in [3.8, 4) is 0 Å². The molecule has 0 spiro atoms. The van der Waals surface area contributed by atoms with Crippen LogP contribution in [0.4, 0.5) is 0 Å². The van der Waals surface area contributed by atoms with Gasteiger partial charge >= 0.3 is 0 Å². The quantitative estimate of drug-likeness (QED) is 0.565. The van der Waals surface area contributed by atoms with Gasteiger partial charge in [-0.25, -0.2) is 0 Å². The number of fused-ring (bicyclic) bond motifs is 3. The van der Waals surface area contributed by atoms with Gasteiger partial charge < -0.3 is 5.11 Å². The predicted molar refractivity (Wildman–Crippen MR) is 52.3 cm³/mol. The zero-order chi connectivity index (χ0) is 8.84. The van der Waals surface area contributed by atoms with Crippen molar-refractivity contribution in [2.45, 2.75) is 51.0 Å². The van der Waals surface area contributed by atoms with Crippen LogP contribution in [0, 0.1) is 11.8 Å². The van der Waals surface area contributed by atoms with Crippen LogP contribution in [0.2, 0.25) is 0 Å². The smallest absolute Gasteiger partial charge is 0.0636 e. The van der Waals surface area contributed by atoms with Gasteiger partial charge in [-0.15, -0.1) is 0 Å². The monoisotopic (exact) mass is 178 g/mol. The zero-order valence-electron chi connectivity index (χ0n) is 8.13. The molecule has 0 unspecified atom stereocenters. The molecule has 3 aliphatic rings. The van der Waals surface area contributed by atoms with E-state index < -0.39 is 0 Å². The van der Waals surface area contributed by atoms with E-state index in [1.54, 1.807) is 11.1 Å². The van der Waals surface area contributed by atoms with Gasteiger partial charge in [0.15, 0.2) is 0 Å². The van der Waals surface area contributed by atoms with Crippen molar-refractivity contribution in [2.24, 2.45) is 11.8 Å². The molecule has 0 radical (unpaired) electrons. The molecule has 0 aromatic rings. The van der Waals surface area contributed by atoms with Crippen molar-refractivity contribution in [1.29, 1.82) is 0 Å². The zero-order valence-corrected chi connectivity index (χ0v) is 8.13. The number of allylic oxidation sites excluding steroid dienone is 1. The van der Waals surface area contributed by atoms with Crippen LogP contribution in [0.1, 0.15) is 44.9 Å². The number of rotatable bonds is 0. The van der Waals surface area contributed by atoms with Crippen LogP contribution in [-0.4, -0.2) is 11.2 Å². The Hall–Kier alpha value is -0.300. The summed E-state index contributed by atoms with van der Waals surface area (Å²) in [6.07, 6.45) is 9.20. The molecule has 0 amide bonds. The minimum atomic E-state index is 0.0249. The van der Waals surface area contributed by atoms with Crippen LogP contribution < -0.4 is 0 Å². The van der Waals surface area contributed by atoms with Crippen molar-refractivity contribution in [3.63, 3.8) is 0 Å². The summed E-state index contributed by atoms with van der Waals surface area (Å²) >= 11 is 0. The third kappa shape index (κ3) is 1.10. The second-order valence-corrected chi connectivity index (χ2v) is 4.97. The third-order valence-corrected chi connectivity index (χ3v) is 4.33. The molecule has 3 aliphatic carbocycles. The van der Waals surface area contributed by atoms with Crippen molar-refractivity contribution in [1.82, 2.24) is 0 Å². The molecule has 2 bridgehead atoms. The first-order valence-corrected chi connectivity index (χ1v) is 5.75. The Morgan fingerprint density at radius 2 is 1.92 bits per heavy atom. The minimum Gasteiger partial charge on any atom is -0.392 e. The Morgan fingerprint density at radius 3 is 2.85 bits per heavy atom. The summed E-state index contributed by atoms with van der Waals surface area (Å²) in [6, 6.07) is 0. The molecule has 1 N–H and O–H groups in total. The minimum absolute atomic E-state index is 0.0249. The molecule has 0 saturated heterocycles. The Morgan fingerprint density at radius 1 is 1.08 bits per heavy atom. The molecule has 72 valence electrons. The summed E-state index contributed by atoms with van der Waals surface area (Å²) in [4.78, 5) is 0. The van der Waals surface area contributed by atoms with Crippen LogP contribution in [-0.2, 0) is 0 Å². The van der Waals surface area contributed by atoms with Gasteiger partial charge in [0.25, 0.3) is 0 Å². The molecule has 3 atom stereocenters. The maximum atomic E-state index is 10.0. The lowest BCUT2D eigenvalue weighted by molar-refractivity contribution is 0.0912. The van der Waals surface area contributed by atoms with E-state index in [2.05, 4.69) is 0 Å². The Bertz CT molecular complexity index is 254. The standard InChI is InChI=1S/C12H18O/c13-12-9-5-6-11(12)10-4-2-1-3-8(10)7-9/h9,11-13H,1-7H2/t9-,11+,12+/m1/s1. The molecule has 1 heteroatoms. The Balaban J connectivity index is 1.97. The van der Waals surface area contributed by atoms with Crippen molar-refractivity contribution in [2.75, 3.05) is 0 Å². The number of hydrogen-bond acceptors (Lipinski definition) is 1. The highest BCUT2D eigenvalue weighted by molar-refractivity contribution is 5.27. The molecule has 1 nitrogen and oxygen atoms in total. The molecular weight excluding hydrogens is 160 g/mol. The van der Waals surface area contributed by atoms with E-state index in [0.29, 0.717) is 11.8 Å². The van der Waals surface area contributed by atoms with Crippen LogP contribution in [0.3, 0.4) is 0 Å². The van der Waals surface area contributed by atoms with Crippen molar-refractivity contribution < 1.29 is 5.11 Å². The second kappa shape index (κ2) is 2.84. The average Bonchev–Trinajstić information content (AvgIpc) is 2.43. The van der Waals surface area contributed by atoms with E-state index in [0.717, 1.165) is 0 Å². The first-order chi connectivity index (χ1) is 6.36. The van der Waals surface area contributed by atoms with Gasteiger partial charge in [-0.2, -0.15) is 0 Å². The maximum absolute atomic E-state index is 10.0. The van der Waals surface area contributed by atoms with E-state index in [1.165, 1.54) is 44.9 Å². The number of aliphatic hydroxyl groups excluding tert-OH is 1. The van der Waals surface area contributed by atoms with Gasteiger partial charge in [0, 0.05) is 5.92 Å². The molecule has 3 rings (SSSR count). The topological polar surface area (TPSA) is 20.2 Å². The van der Waals surface area contributed by atoms with Gasteiger partial charge in [-0.3, -0.25) is 0 Å². The summed E-state index contributed by atoms with van der Waals surface area (Å²) in [7, 11) is 0. The number of aliphatic hydroxyl groups is 1. The van der Waals surface area contributed by atoms with Gasteiger partial charge in [0.2, 0.25) is 0 Å². The highest BCUT2D eigenvalue weighted by Gasteiger charge is 2.42. The van der Waals surface area contributed by atoms with Crippen LogP contribution in [0.5, 0.6) is 0 Å². The highest BCUT2D eigenvalue weighted by Crippen LogP contribution is 2.49. The van der Waals surface area contributed by atoms with Crippen LogP contribution >= 0.6 is 0 Å². The van der Waals surface area contributed by atoms with Crippen molar-refractivity contribution >= 4 is 0 Å². The van der Waals surface area contributed by atoms with Crippen LogP contribution in [0.25, 0.3) is 0 Å². The molecule has 1 fully saturated rings. The van der Waals surface area contributed by atoms with Gasteiger partial charge in [-0.05, 0) is 50.9 Å². The van der Waals surface area contributed by atoms with Gasteiger partial charge in [0.05, 0.1) is 6.10 Å². The van der Waals surface area contributed by atoms with Crippen molar-refractivity contribution in [3.05, 3.63) is 11.1 Å².